The van der Waals surface area contributed by atoms with Crippen LogP contribution in [0.15, 0.2) is 0 Å². The lowest BCUT2D eigenvalue weighted by molar-refractivity contribution is -0.0694. The highest BCUT2D eigenvalue weighted by Gasteiger charge is 2.54. The highest BCUT2D eigenvalue weighted by Crippen LogP contribution is 2.61. The Balaban J connectivity index is 1.76. The van der Waals surface area contributed by atoms with E-state index in [9.17, 15) is 4.21 Å². The average Bonchev–Trinajstić information content (AvgIpc) is 2.41. The molecule has 3 heteroatoms. The van der Waals surface area contributed by atoms with Crippen molar-refractivity contribution in [2.45, 2.75) is 64.8 Å². The van der Waals surface area contributed by atoms with Gasteiger partial charge in [0.2, 0.25) is 0 Å². The Bertz CT molecular complexity index is 333. The normalized spacial score (nSPS) is 41.8. The molecule has 2 atom stereocenters. The van der Waals surface area contributed by atoms with Gasteiger partial charge >= 0.3 is 0 Å². The monoisotopic (exact) mass is 297 g/mol. The maximum atomic E-state index is 12.1. The van der Waals surface area contributed by atoms with Crippen LogP contribution in [-0.4, -0.2) is 28.3 Å². The fourth-order valence-corrected chi connectivity index (χ4v) is 6.76. The van der Waals surface area contributed by atoms with Gasteiger partial charge in [-0.1, -0.05) is 13.8 Å². The van der Waals surface area contributed by atoms with Crippen LogP contribution in [0.1, 0.15) is 58.8 Å². The quantitative estimate of drug-likeness (QED) is 0.781. The highest BCUT2D eigenvalue weighted by atomic mass is 32.2. The first-order valence-corrected chi connectivity index (χ1v) is 10.2. The summed E-state index contributed by atoms with van der Waals surface area (Å²) in [4.78, 5) is 0. The first kappa shape index (κ1) is 15.0. The molecule has 4 aliphatic carbocycles. The molecule has 116 valence electrons. The van der Waals surface area contributed by atoms with Crippen LogP contribution in [0.25, 0.3) is 0 Å². The van der Waals surface area contributed by atoms with Gasteiger partial charge in [0.1, 0.15) is 0 Å². The molecular weight excluding hydrogens is 266 g/mol. The highest BCUT2D eigenvalue weighted by molar-refractivity contribution is 7.85. The van der Waals surface area contributed by atoms with Crippen molar-refractivity contribution in [1.82, 2.24) is 5.32 Å². The summed E-state index contributed by atoms with van der Waals surface area (Å²) in [7, 11) is -0.636. The van der Waals surface area contributed by atoms with Crippen LogP contribution in [0.4, 0.5) is 0 Å². The van der Waals surface area contributed by atoms with E-state index in [1.165, 1.54) is 44.9 Å². The van der Waals surface area contributed by atoms with E-state index in [1.54, 1.807) is 0 Å². The molecule has 1 N–H and O–H groups in total. The minimum atomic E-state index is -0.636. The lowest BCUT2D eigenvalue weighted by atomic mass is 9.48. The standard InChI is InChI=1S/C17H31NOS/c1-3-5-18-16(12-20(19)4-2)17-9-13-6-14(10-17)8-15(7-13)11-17/h13-16,18H,3-12H2,1-2H3. The molecule has 20 heavy (non-hydrogen) atoms. The Morgan fingerprint density at radius 1 is 1.10 bits per heavy atom. The summed E-state index contributed by atoms with van der Waals surface area (Å²) in [5.74, 6) is 4.67. The zero-order valence-corrected chi connectivity index (χ0v) is 14.0. The van der Waals surface area contributed by atoms with E-state index >= 15 is 0 Å². The predicted molar refractivity (Wildman–Crippen MR) is 86.2 cm³/mol. The fourth-order valence-electron chi connectivity index (χ4n) is 5.68. The SMILES string of the molecule is CCCNC(CS(=O)CC)C12CC3CC(CC(C3)C1)C2. The molecule has 2 nitrogen and oxygen atoms in total. The van der Waals surface area contributed by atoms with E-state index in [-0.39, 0.29) is 0 Å². The average molecular weight is 298 g/mol. The molecule has 0 radical (unpaired) electrons. The second kappa shape index (κ2) is 6.08. The van der Waals surface area contributed by atoms with Crippen molar-refractivity contribution in [3.63, 3.8) is 0 Å². The van der Waals surface area contributed by atoms with Crippen LogP contribution in [0.3, 0.4) is 0 Å². The zero-order chi connectivity index (χ0) is 14.2. The molecule has 0 aromatic heterocycles. The molecule has 0 aromatic carbocycles. The van der Waals surface area contributed by atoms with Gasteiger partial charge < -0.3 is 5.32 Å². The van der Waals surface area contributed by atoms with Crippen LogP contribution in [0.5, 0.6) is 0 Å². The first-order chi connectivity index (χ1) is 9.65. The van der Waals surface area contributed by atoms with E-state index in [4.69, 9.17) is 0 Å². The van der Waals surface area contributed by atoms with Crippen molar-refractivity contribution in [2.75, 3.05) is 18.1 Å². The lowest BCUT2D eigenvalue weighted by Crippen LogP contribution is -2.57. The van der Waals surface area contributed by atoms with Crippen LogP contribution >= 0.6 is 0 Å². The number of hydrogen-bond acceptors (Lipinski definition) is 2. The topological polar surface area (TPSA) is 29.1 Å². The molecule has 4 saturated carbocycles. The predicted octanol–water partition coefficient (Wildman–Crippen LogP) is 3.34. The molecule has 4 bridgehead atoms. The van der Waals surface area contributed by atoms with Crippen molar-refractivity contribution >= 4 is 10.8 Å². The molecule has 4 fully saturated rings. The number of hydrogen-bond donors (Lipinski definition) is 1. The Morgan fingerprint density at radius 2 is 1.65 bits per heavy atom. The number of rotatable bonds is 7. The van der Waals surface area contributed by atoms with Gasteiger partial charge in [0.25, 0.3) is 0 Å². The molecule has 2 unspecified atom stereocenters. The molecule has 0 aliphatic heterocycles. The van der Waals surface area contributed by atoms with Crippen molar-refractivity contribution in [2.24, 2.45) is 23.2 Å². The Hall–Kier alpha value is 0.110. The summed E-state index contributed by atoms with van der Waals surface area (Å²) in [5.41, 5.74) is 0.495. The van der Waals surface area contributed by atoms with E-state index in [2.05, 4.69) is 19.2 Å². The first-order valence-electron chi connectivity index (χ1n) is 8.73. The van der Waals surface area contributed by atoms with Gasteiger partial charge in [-0.25, -0.2) is 0 Å². The van der Waals surface area contributed by atoms with Crippen molar-refractivity contribution in [3.8, 4) is 0 Å². The second-order valence-electron chi connectivity index (χ2n) is 7.68. The van der Waals surface area contributed by atoms with Gasteiger partial charge in [0.15, 0.2) is 0 Å². The fraction of sp³-hybridized carbons (Fsp3) is 1.00. The minimum absolute atomic E-state index is 0.495. The van der Waals surface area contributed by atoms with Crippen LogP contribution < -0.4 is 5.32 Å². The third kappa shape index (κ3) is 2.85. The molecule has 0 spiro atoms. The van der Waals surface area contributed by atoms with Gasteiger partial charge in [0.05, 0.1) is 0 Å². The van der Waals surface area contributed by atoms with Crippen molar-refractivity contribution in [1.29, 1.82) is 0 Å². The molecule has 0 saturated heterocycles. The smallest absolute Gasteiger partial charge is 0.0394 e. The molecule has 0 heterocycles. The molecule has 0 amide bonds. The summed E-state index contributed by atoms with van der Waals surface area (Å²) >= 11 is 0. The van der Waals surface area contributed by atoms with E-state index < -0.39 is 10.8 Å². The van der Waals surface area contributed by atoms with Gasteiger partial charge in [-0.2, -0.15) is 0 Å². The lowest BCUT2D eigenvalue weighted by Gasteiger charge is -2.59. The zero-order valence-electron chi connectivity index (χ0n) is 13.2. The van der Waals surface area contributed by atoms with E-state index in [0.29, 0.717) is 11.5 Å². The molecule has 4 rings (SSSR count). The number of nitrogens with one attached hydrogen (secondary N) is 1. The van der Waals surface area contributed by atoms with E-state index in [0.717, 1.165) is 35.8 Å². The second-order valence-corrected chi connectivity index (χ2v) is 9.47. The molecule has 4 aliphatic rings. The Labute approximate surface area is 126 Å². The summed E-state index contributed by atoms with van der Waals surface area (Å²) < 4.78 is 12.1. The van der Waals surface area contributed by atoms with Crippen molar-refractivity contribution < 1.29 is 4.21 Å². The van der Waals surface area contributed by atoms with Crippen LogP contribution in [-0.2, 0) is 10.8 Å². The van der Waals surface area contributed by atoms with Gasteiger partial charge in [-0.15, -0.1) is 0 Å². The van der Waals surface area contributed by atoms with Gasteiger partial charge in [-0.05, 0) is 74.7 Å². The van der Waals surface area contributed by atoms with Crippen molar-refractivity contribution in [3.05, 3.63) is 0 Å². The largest absolute Gasteiger partial charge is 0.313 e. The third-order valence-corrected chi connectivity index (χ3v) is 7.49. The van der Waals surface area contributed by atoms with Gasteiger partial charge in [-0.3, -0.25) is 4.21 Å². The summed E-state index contributed by atoms with van der Waals surface area (Å²) in [6.07, 6.45) is 9.93. The van der Waals surface area contributed by atoms with E-state index in [1.807, 2.05) is 0 Å². The molecule has 0 aromatic rings. The summed E-state index contributed by atoms with van der Waals surface area (Å²) in [6.45, 7) is 5.39. The van der Waals surface area contributed by atoms with Crippen LogP contribution in [0, 0.1) is 23.2 Å². The summed E-state index contributed by atoms with van der Waals surface area (Å²) in [5, 5.41) is 3.80. The Kier molecular flexibility index (Phi) is 4.57. The van der Waals surface area contributed by atoms with Crippen LogP contribution in [0.2, 0.25) is 0 Å². The maximum absolute atomic E-state index is 12.1. The summed E-state index contributed by atoms with van der Waals surface area (Å²) in [6, 6.07) is 0.511. The third-order valence-electron chi connectivity index (χ3n) is 6.14. The Morgan fingerprint density at radius 3 is 2.10 bits per heavy atom. The minimum Gasteiger partial charge on any atom is -0.313 e. The maximum Gasteiger partial charge on any atom is 0.0394 e. The molecular formula is C17H31NOS. The van der Waals surface area contributed by atoms with Gasteiger partial charge in [0, 0.05) is 28.3 Å².